The number of anilines is 1. The number of methoxy groups -OCH3 is 1. The van der Waals surface area contributed by atoms with Crippen molar-refractivity contribution >= 4 is 46.6 Å². The topological polar surface area (TPSA) is 101 Å². The van der Waals surface area contributed by atoms with Crippen LogP contribution in [0.25, 0.3) is 0 Å². The predicted molar refractivity (Wildman–Crippen MR) is 154 cm³/mol. The summed E-state index contributed by atoms with van der Waals surface area (Å²) in [5, 5.41) is 13.8. The number of nitrogens with one attached hydrogen (secondary N) is 1. The van der Waals surface area contributed by atoms with Crippen molar-refractivity contribution in [3.05, 3.63) is 106 Å². The van der Waals surface area contributed by atoms with Gasteiger partial charge in [0, 0.05) is 22.3 Å². The number of hydrogen-bond acceptors (Lipinski definition) is 7. The first-order valence-corrected chi connectivity index (χ1v) is 13.5. The number of nitrogens with zero attached hydrogens (tertiary/aromatic N) is 2. The number of allylic oxidation sites excluding steroid dienone is 1. The molecule has 0 fully saturated rings. The zero-order valence-electron chi connectivity index (χ0n) is 21.4. The van der Waals surface area contributed by atoms with Gasteiger partial charge in [0.15, 0.2) is 0 Å². The molecular weight excluding hydrogens is 534 g/mol. The summed E-state index contributed by atoms with van der Waals surface area (Å²) in [6.07, 6.45) is 0. The highest BCUT2D eigenvalue weighted by Crippen LogP contribution is 2.44. The fraction of sp³-hybridized carbons (Fsp3) is 0.200. The van der Waals surface area contributed by atoms with E-state index in [1.807, 2.05) is 30.3 Å². The summed E-state index contributed by atoms with van der Waals surface area (Å²) in [6, 6.07) is 25.7. The average Bonchev–Trinajstić information content (AvgIpc) is 2.95. The van der Waals surface area contributed by atoms with Gasteiger partial charge in [-0.25, -0.2) is 4.99 Å². The molecule has 1 aliphatic heterocycles. The summed E-state index contributed by atoms with van der Waals surface area (Å²) in [5.41, 5.74) is 2.83. The molecule has 0 radical (unpaired) electrons. The average molecular weight is 560 g/mol. The third-order valence-electron chi connectivity index (χ3n) is 6.16. The lowest BCUT2D eigenvalue weighted by Crippen LogP contribution is -2.34. The van der Waals surface area contributed by atoms with Crippen molar-refractivity contribution in [3.63, 3.8) is 0 Å². The predicted octanol–water partition coefficient (Wildman–Crippen LogP) is 6.37. The Morgan fingerprint density at radius 1 is 1.05 bits per heavy atom. The van der Waals surface area contributed by atoms with Gasteiger partial charge < -0.3 is 14.8 Å². The number of aliphatic imine (C=N–C) groups is 1. The second-order valence-electron chi connectivity index (χ2n) is 8.72. The first-order valence-electron chi connectivity index (χ1n) is 12.1. The van der Waals surface area contributed by atoms with Crippen molar-refractivity contribution in [2.24, 2.45) is 10.9 Å². The molecule has 0 bridgehead atoms. The van der Waals surface area contributed by atoms with E-state index in [1.54, 1.807) is 62.6 Å². The molecule has 9 heteroatoms. The number of amides is 1. The zero-order chi connectivity index (χ0) is 27.8. The van der Waals surface area contributed by atoms with Gasteiger partial charge in [-0.15, -0.1) is 0 Å². The second kappa shape index (κ2) is 13.1. The van der Waals surface area contributed by atoms with Crippen LogP contribution in [0, 0.1) is 17.2 Å². The lowest BCUT2D eigenvalue weighted by molar-refractivity contribution is -0.147. The molecule has 0 spiro atoms. The first-order chi connectivity index (χ1) is 18.9. The molecule has 1 N–H and O–H groups in total. The normalized spacial score (nSPS) is 16.6. The van der Waals surface area contributed by atoms with Gasteiger partial charge in [-0.3, -0.25) is 9.59 Å². The summed E-state index contributed by atoms with van der Waals surface area (Å²) < 4.78 is 10.8. The van der Waals surface area contributed by atoms with E-state index < -0.39 is 17.8 Å². The number of benzene rings is 3. The quantitative estimate of drug-likeness (QED) is 0.306. The molecule has 2 atom stereocenters. The second-order valence-corrected chi connectivity index (χ2v) is 10.1. The van der Waals surface area contributed by atoms with Crippen LogP contribution in [0.3, 0.4) is 0 Å². The lowest BCUT2D eigenvalue weighted by Gasteiger charge is -2.30. The van der Waals surface area contributed by atoms with Gasteiger partial charge in [0.2, 0.25) is 5.91 Å². The maximum Gasteiger partial charge on any atom is 0.316 e. The van der Waals surface area contributed by atoms with E-state index >= 15 is 0 Å². The number of nitriles is 1. The number of ether oxygens (including phenoxy) is 2. The molecule has 1 heterocycles. The molecule has 39 heavy (non-hydrogen) atoms. The van der Waals surface area contributed by atoms with E-state index in [9.17, 15) is 14.9 Å². The maximum atomic E-state index is 13.4. The molecule has 3 aromatic carbocycles. The molecule has 1 aliphatic rings. The van der Waals surface area contributed by atoms with Crippen LogP contribution in [0.2, 0.25) is 5.02 Å². The Kier molecular flexibility index (Phi) is 9.42. The van der Waals surface area contributed by atoms with E-state index in [0.29, 0.717) is 32.8 Å². The molecule has 7 nitrogen and oxygen atoms in total. The number of hydrogen-bond donors (Lipinski definition) is 1. The molecule has 1 unspecified atom stereocenters. The Bertz CT molecular complexity index is 1450. The van der Waals surface area contributed by atoms with Gasteiger partial charge in [-0.1, -0.05) is 71.9 Å². The molecule has 3 aromatic rings. The van der Waals surface area contributed by atoms with Crippen LogP contribution in [0.1, 0.15) is 24.0 Å². The molecule has 0 saturated heterocycles. The largest absolute Gasteiger partial charge is 0.497 e. The first kappa shape index (κ1) is 28.0. The van der Waals surface area contributed by atoms with Crippen LogP contribution < -0.4 is 10.1 Å². The Hall–Kier alpha value is -4.06. The Morgan fingerprint density at radius 2 is 1.74 bits per heavy atom. The van der Waals surface area contributed by atoms with Crippen LogP contribution in [0.4, 0.5) is 5.69 Å². The molecular formula is C30H26ClN3O4S. The van der Waals surface area contributed by atoms with Gasteiger partial charge in [0.25, 0.3) is 0 Å². The van der Waals surface area contributed by atoms with Crippen molar-refractivity contribution in [2.75, 3.05) is 18.2 Å². The fourth-order valence-corrected chi connectivity index (χ4v) is 5.38. The van der Waals surface area contributed by atoms with E-state index in [1.165, 1.54) is 0 Å². The minimum Gasteiger partial charge on any atom is -0.497 e. The number of halogens is 1. The van der Waals surface area contributed by atoms with Crippen LogP contribution >= 0.6 is 23.4 Å². The highest BCUT2D eigenvalue weighted by molar-refractivity contribution is 8.03. The third-order valence-corrected chi connectivity index (χ3v) is 7.49. The van der Waals surface area contributed by atoms with Crippen molar-refractivity contribution in [1.29, 1.82) is 5.26 Å². The Morgan fingerprint density at radius 3 is 2.41 bits per heavy atom. The highest BCUT2D eigenvalue weighted by Gasteiger charge is 2.41. The van der Waals surface area contributed by atoms with Crippen LogP contribution in [-0.4, -0.2) is 30.5 Å². The van der Waals surface area contributed by atoms with Crippen molar-refractivity contribution in [1.82, 2.24) is 0 Å². The van der Waals surface area contributed by atoms with Gasteiger partial charge in [-0.2, -0.15) is 5.26 Å². The third kappa shape index (κ3) is 6.88. The summed E-state index contributed by atoms with van der Waals surface area (Å²) in [5.74, 6) is -1.62. The molecule has 4 rings (SSSR count). The van der Waals surface area contributed by atoms with Gasteiger partial charge in [0.1, 0.15) is 23.3 Å². The molecule has 0 aromatic heterocycles. The maximum absolute atomic E-state index is 13.4. The Labute approximate surface area is 236 Å². The zero-order valence-corrected chi connectivity index (χ0v) is 23.0. The Balaban J connectivity index is 1.58. The summed E-state index contributed by atoms with van der Waals surface area (Å²) in [6.45, 7) is 1.82. The van der Waals surface area contributed by atoms with Crippen molar-refractivity contribution in [2.45, 2.75) is 19.4 Å². The number of carbonyl (C=O) groups is 2. The lowest BCUT2D eigenvalue weighted by atomic mass is 9.77. The summed E-state index contributed by atoms with van der Waals surface area (Å²) >= 11 is 7.69. The number of carbonyl (C=O) groups excluding carboxylic acids is 2. The van der Waals surface area contributed by atoms with Gasteiger partial charge in [-0.05, 0) is 48.4 Å². The highest BCUT2D eigenvalue weighted by atomic mass is 35.5. The van der Waals surface area contributed by atoms with E-state index in [4.69, 9.17) is 21.1 Å². The minimum atomic E-state index is -0.847. The van der Waals surface area contributed by atoms with Crippen LogP contribution in [-0.2, 0) is 20.9 Å². The van der Waals surface area contributed by atoms with Gasteiger partial charge >= 0.3 is 5.97 Å². The standard InChI is InChI=1S/C30H26ClN3O4S/c1-19-27(30(36)38-17-20-8-4-3-5-9-20)28(23-10-6-7-11-25(23)31)24(16-32)29(33-19)39-18-26(35)34-21-12-14-22(37-2)15-13-21/h3-15,27-28H,17-18H2,1-2H3,(H,34,35)/t27?,28-/m0/s1. The van der Waals surface area contributed by atoms with Crippen molar-refractivity contribution in [3.8, 4) is 11.8 Å². The fourth-order valence-electron chi connectivity index (χ4n) is 4.25. The number of esters is 1. The van der Waals surface area contributed by atoms with Crippen LogP contribution in [0.15, 0.2) is 94.5 Å². The van der Waals surface area contributed by atoms with E-state index in [-0.39, 0.29) is 23.8 Å². The van der Waals surface area contributed by atoms with E-state index in [2.05, 4.69) is 16.4 Å². The molecule has 198 valence electrons. The monoisotopic (exact) mass is 559 g/mol. The van der Waals surface area contributed by atoms with Crippen LogP contribution in [0.5, 0.6) is 5.75 Å². The minimum absolute atomic E-state index is 0.0156. The SMILES string of the molecule is COc1ccc(NC(=O)CSC2=C(C#N)[C@H](c3ccccc3Cl)C(C(=O)OCc3ccccc3)C(C)=N2)cc1. The summed E-state index contributed by atoms with van der Waals surface area (Å²) in [7, 11) is 1.57. The van der Waals surface area contributed by atoms with E-state index in [0.717, 1.165) is 17.3 Å². The van der Waals surface area contributed by atoms with Crippen molar-refractivity contribution < 1.29 is 19.1 Å². The molecule has 1 amide bonds. The number of rotatable bonds is 9. The summed E-state index contributed by atoms with van der Waals surface area (Å²) in [4.78, 5) is 30.7. The molecule has 0 aliphatic carbocycles. The smallest absolute Gasteiger partial charge is 0.316 e. The van der Waals surface area contributed by atoms with Gasteiger partial charge in [0.05, 0.1) is 24.5 Å². The number of thioether (sulfide) groups is 1. The molecule has 0 saturated carbocycles.